The molecule has 0 bridgehead atoms. The molecule has 0 spiro atoms. The summed E-state index contributed by atoms with van der Waals surface area (Å²) in [5.41, 5.74) is 4.74. The lowest BCUT2D eigenvalue weighted by Gasteiger charge is -2.27. The zero-order valence-electron chi connectivity index (χ0n) is 11.7. The minimum Gasteiger partial charge on any atom is -0.396 e. The molecule has 6 heteroatoms. The quantitative estimate of drug-likeness (QED) is 0.895. The SMILES string of the molecule is CC1(C)CC(S(=O)(=O)c2ccncc2N)C(C)(C)O1. The van der Waals surface area contributed by atoms with E-state index >= 15 is 0 Å². The van der Waals surface area contributed by atoms with E-state index in [-0.39, 0.29) is 10.6 Å². The fourth-order valence-corrected chi connectivity index (χ4v) is 5.16. The van der Waals surface area contributed by atoms with Gasteiger partial charge in [-0.15, -0.1) is 0 Å². The third-order valence-corrected chi connectivity index (χ3v) is 5.95. The Hall–Kier alpha value is -1.14. The van der Waals surface area contributed by atoms with E-state index in [1.165, 1.54) is 18.5 Å². The van der Waals surface area contributed by atoms with Gasteiger partial charge in [-0.05, 0) is 40.2 Å². The van der Waals surface area contributed by atoms with Crippen molar-refractivity contribution < 1.29 is 13.2 Å². The summed E-state index contributed by atoms with van der Waals surface area (Å²) in [5, 5.41) is -0.611. The summed E-state index contributed by atoms with van der Waals surface area (Å²) in [5.74, 6) is 0. The molecule has 1 aromatic heterocycles. The third kappa shape index (κ3) is 2.47. The van der Waals surface area contributed by atoms with Crippen LogP contribution in [0.5, 0.6) is 0 Å². The van der Waals surface area contributed by atoms with Gasteiger partial charge in [-0.2, -0.15) is 0 Å². The Morgan fingerprint density at radius 3 is 2.47 bits per heavy atom. The predicted molar refractivity (Wildman–Crippen MR) is 73.5 cm³/mol. The fraction of sp³-hybridized carbons (Fsp3) is 0.615. The van der Waals surface area contributed by atoms with Crippen molar-refractivity contribution in [2.45, 2.75) is 55.5 Å². The fourth-order valence-electron chi connectivity index (χ4n) is 2.80. The lowest BCUT2D eigenvalue weighted by molar-refractivity contribution is -0.0635. The van der Waals surface area contributed by atoms with E-state index in [0.717, 1.165) is 0 Å². The Morgan fingerprint density at radius 1 is 1.37 bits per heavy atom. The van der Waals surface area contributed by atoms with Gasteiger partial charge in [0.1, 0.15) is 0 Å². The van der Waals surface area contributed by atoms with Crippen LogP contribution in [-0.2, 0) is 14.6 Å². The first-order valence-electron chi connectivity index (χ1n) is 6.20. The zero-order valence-corrected chi connectivity index (χ0v) is 12.5. The van der Waals surface area contributed by atoms with Crippen molar-refractivity contribution in [2.24, 2.45) is 0 Å². The normalized spacial score (nSPS) is 25.4. The van der Waals surface area contributed by atoms with Crippen molar-refractivity contribution >= 4 is 15.5 Å². The standard InChI is InChI=1S/C13H20N2O3S/c1-12(2)7-11(13(3,4)18-12)19(16,17)10-5-6-15-8-9(10)14/h5-6,8,11H,7,14H2,1-4H3. The minimum atomic E-state index is -3.54. The second kappa shape index (κ2) is 4.18. The Morgan fingerprint density at radius 2 is 2.00 bits per heavy atom. The molecule has 1 aliphatic rings. The maximum absolute atomic E-state index is 12.8. The molecule has 1 fully saturated rings. The van der Waals surface area contributed by atoms with E-state index in [0.29, 0.717) is 6.42 Å². The summed E-state index contributed by atoms with van der Waals surface area (Å²) in [6, 6.07) is 1.45. The van der Waals surface area contributed by atoms with Crippen LogP contribution in [0.2, 0.25) is 0 Å². The number of rotatable bonds is 2. The maximum atomic E-state index is 12.8. The number of nitrogens with two attached hydrogens (primary N) is 1. The highest BCUT2D eigenvalue weighted by molar-refractivity contribution is 7.92. The van der Waals surface area contributed by atoms with E-state index < -0.39 is 26.3 Å². The first-order chi connectivity index (χ1) is 8.56. The Balaban J connectivity index is 2.50. The van der Waals surface area contributed by atoms with Gasteiger partial charge < -0.3 is 10.5 Å². The van der Waals surface area contributed by atoms with Gasteiger partial charge in [0.05, 0.1) is 33.2 Å². The summed E-state index contributed by atoms with van der Waals surface area (Å²) >= 11 is 0. The first kappa shape index (κ1) is 14.3. The van der Waals surface area contributed by atoms with Gasteiger partial charge in [-0.1, -0.05) is 0 Å². The summed E-state index contributed by atoms with van der Waals surface area (Å²) < 4.78 is 31.4. The van der Waals surface area contributed by atoms with Crippen molar-refractivity contribution in [3.63, 3.8) is 0 Å². The van der Waals surface area contributed by atoms with E-state index in [4.69, 9.17) is 10.5 Å². The molecule has 2 heterocycles. The van der Waals surface area contributed by atoms with Crippen LogP contribution in [0.25, 0.3) is 0 Å². The molecular formula is C13H20N2O3S. The number of anilines is 1. The number of ether oxygens (including phenoxy) is 1. The molecule has 1 unspecified atom stereocenters. The summed E-state index contributed by atoms with van der Waals surface area (Å²) in [6.45, 7) is 7.42. The molecule has 0 radical (unpaired) electrons. The summed E-state index contributed by atoms with van der Waals surface area (Å²) in [6.07, 6.45) is 3.25. The lowest BCUT2D eigenvalue weighted by atomic mass is 10.0. The van der Waals surface area contributed by atoms with Gasteiger partial charge in [-0.3, -0.25) is 4.98 Å². The smallest absolute Gasteiger partial charge is 0.186 e. The molecule has 19 heavy (non-hydrogen) atoms. The first-order valence-corrected chi connectivity index (χ1v) is 7.74. The second-order valence-corrected chi connectivity index (χ2v) is 8.22. The number of sulfone groups is 1. The van der Waals surface area contributed by atoms with E-state index in [1.54, 1.807) is 13.8 Å². The van der Waals surface area contributed by atoms with Crippen molar-refractivity contribution in [3.8, 4) is 0 Å². The highest BCUT2D eigenvalue weighted by Crippen LogP contribution is 2.43. The molecule has 0 saturated carbocycles. The maximum Gasteiger partial charge on any atom is 0.186 e. The van der Waals surface area contributed by atoms with Crippen molar-refractivity contribution in [3.05, 3.63) is 18.5 Å². The monoisotopic (exact) mass is 284 g/mol. The van der Waals surface area contributed by atoms with Crippen LogP contribution in [0.1, 0.15) is 34.1 Å². The van der Waals surface area contributed by atoms with Crippen molar-refractivity contribution in [1.29, 1.82) is 0 Å². The average molecular weight is 284 g/mol. The number of nitrogen functional groups attached to an aromatic ring is 1. The van der Waals surface area contributed by atoms with Crippen LogP contribution in [0.4, 0.5) is 5.69 Å². The molecule has 1 atom stereocenters. The number of pyridine rings is 1. The Kier molecular flexibility index (Phi) is 3.14. The molecule has 1 aliphatic heterocycles. The van der Waals surface area contributed by atoms with Crippen molar-refractivity contribution in [1.82, 2.24) is 4.98 Å². The van der Waals surface area contributed by atoms with Crippen molar-refractivity contribution in [2.75, 3.05) is 5.73 Å². The van der Waals surface area contributed by atoms with E-state index in [1.807, 2.05) is 13.8 Å². The highest BCUT2D eigenvalue weighted by atomic mass is 32.2. The van der Waals surface area contributed by atoms with Crippen LogP contribution < -0.4 is 5.73 Å². The number of hydrogen-bond donors (Lipinski definition) is 1. The highest BCUT2D eigenvalue weighted by Gasteiger charge is 2.52. The minimum absolute atomic E-state index is 0.141. The zero-order chi connectivity index (χ0) is 14.5. The van der Waals surface area contributed by atoms with Gasteiger partial charge in [-0.25, -0.2) is 8.42 Å². The molecule has 0 aromatic carbocycles. The molecule has 1 aromatic rings. The van der Waals surface area contributed by atoms with Crippen LogP contribution in [0.3, 0.4) is 0 Å². The Labute approximate surface area is 114 Å². The topological polar surface area (TPSA) is 82.3 Å². The van der Waals surface area contributed by atoms with Gasteiger partial charge in [0, 0.05) is 6.20 Å². The lowest BCUT2D eigenvalue weighted by Crippen LogP contribution is -2.38. The molecule has 5 nitrogen and oxygen atoms in total. The average Bonchev–Trinajstić information content (AvgIpc) is 2.47. The molecule has 1 saturated heterocycles. The van der Waals surface area contributed by atoms with Crippen LogP contribution in [0.15, 0.2) is 23.4 Å². The number of hydrogen-bond acceptors (Lipinski definition) is 5. The molecular weight excluding hydrogens is 264 g/mol. The molecule has 0 amide bonds. The Bertz CT molecular complexity index is 594. The van der Waals surface area contributed by atoms with Gasteiger partial charge in [0.2, 0.25) is 0 Å². The van der Waals surface area contributed by atoms with Gasteiger partial charge in [0.15, 0.2) is 9.84 Å². The van der Waals surface area contributed by atoms with E-state index in [2.05, 4.69) is 4.98 Å². The van der Waals surface area contributed by atoms with E-state index in [9.17, 15) is 8.42 Å². The summed E-state index contributed by atoms with van der Waals surface area (Å²) in [4.78, 5) is 3.97. The van der Waals surface area contributed by atoms with Crippen LogP contribution in [-0.4, -0.2) is 29.9 Å². The second-order valence-electron chi connectivity index (χ2n) is 6.12. The molecule has 2 rings (SSSR count). The molecule has 0 aliphatic carbocycles. The molecule has 106 valence electrons. The largest absolute Gasteiger partial charge is 0.396 e. The predicted octanol–water partition coefficient (Wildman–Crippen LogP) is 1.78. The van der Waals surface area contributed by atoms with Crippen LogP contribution in [0, 0.1) is 0 Å². The van der Waals surface area contributed by atoms with Gasteiger partial charge >= 0.3 is 0 Å². The summed E-state index contributed by atoms with van der Waals surface area (Å²) in [7, 11) is -3.54. The van der Waals surface area contributed by atoms with Gasteiger partial charge in [0.25, 0.3) is 0 Å². The number of nitrogens with zero attached hydrogens (tertiary/aromatic N) is 1. The van der Waals surface area contributed by atoms with Crippen LogP contribution >= 0.6 is 0 Å². The third-order valence-electron chi connectivity index (χ3n) is 3.48. The number of aromatic nitrogens is 1. The molecule has 2 N–H and O–H groups in total.